The highest BCUT2D eigenvalue weighted by Gasteiger charge is 2.17. The molecule has 0 spiro atoms. The van der Waals surface area contributed by atoms with Gasteiger partial charge in [0, 0.05) is 0 Å². The van der Waals surface area contributed by atoms with E-state index in [1.54, 1.807) is 20.2 Å². The van der Waals surface area contributed by atoms with Gasteiger partial charge in [-0.3, -0.25) is 4.68 Å². The van der Waals surface area contributed by atoms with Gasteiger partial charge in [0.25, 0.3) is 0 Å². The van der Waals surface area contributed by atoms with Crippen LogP contribution >= 0.6 is 0 Å². The van der Waals surface area contributed by atoms with Gasteiger partial charge in [0.05, 0.1) is 32.2 Å². The molecule has 0 aliphatic heterocycles. The minimum atomic E-state index is -0.310. The SMILES string of the molecule is CCOC(=O)c1cnn(Cc2ccc(OC)cc2)c1CC. The van der Waals surface area contributed by atoms with Crippen LogP contribution in [0.1, 0.15) is 35.5 Å². The number of aromatic nitrogens is 2. The van der Waals surface area contributed by atoms with Crippen molar-refractivity contribution in [2.45, 2.75) is 26.8 Å². The lowest BCUT2D eigenvalue weighted by Gasteiger charge is -2.08. The van der Waals surface area contributed by atoms with Crippen LogP contribution in [0, 0.1) is 0 Å². The van der Waals surface area contributed by atoms with Crippen molar-refractivity contribution in [2.75, 3.05) is 13.7 Å². The molecule has 0 bridgehead atoms. The molecule has 1 aromatic heterocycles. The lowest BCUT2D eigenvalue weighted by molar-refractivity contribution is 0.0525. The van der Waals surface area contributed by atoms with Crippen molar-refractivity contribution in [3.8, 4) is 5.75 Å². The number of carbonyl (C=O) groups is 1. The van der Waals surface area contributed by atoms with Crippen LogP contribution in [0.15, 0.2) is 30.5 Å². The number of benzene rings is 1. The monoisotopic (exact) mass is 288 g/mol. The fourth-order valence-electron chi connectivity index (χ4n) is 2.20. The Hall–Kier alpha value is -2.30. The van der Waals surface area contributed by atoms with E-state index in [-0.39, 0.29) is 5.97 Å². The summed E-state index contributed by atoms with van der Waals surface area (Å²) in [5, 5.41) is 4.31. The summed E-state index contributed by atoms with van der Waals surface area (Å²) in [6, 6.07) is 7.81. The van der Waals surface area contributed by atoms with Gasteiger partial charge in [0.1, 0.15) is 11.3 Å². The molecule has 0 radical (unpaired) electrons. The highest BCUT2D eigenvalue weighted by atomic mass is 16.5. The third kappa shape index (κ3) is 3.42. The van der Waals surface area contributed by atoms with Crippen molar-refractivity contribution in [2.24, 2.45) is 0 Å². The number of esters is 1. The largest absolute Gasteiger partial charge is 0.497 e. The maximum atomic E-state index is 11.9. The number of carbonyl (C=O) groups excluding carboxylic acids is 1. The van der Waals surface area contributed by atoms with Crippen molar-refractivity contribution >= 4 is 5.97 Å². The predicted molar refractivity (Wildman–Crippen MR) is 79.7 cm³/mol. The summed E-state index contributed by atoms with van der Waals surface area (Å²) in [4.78, 5) is 11.9. The molecule has 0 unspecified atom stereocenters. The normalized spacial score (nSPS) is 10.4. The van der Waals surface area contributed by atoms with Crippen molar-refractivity contribution in [1.82, 2.24) is 9.78 Å². The Labute approximate surface area is 124 Å². The average Bonchev–Trinajstić information content (AvgIpc) is 2.91. The summed E-state index contributed by atoms with van der Waals surface area (Å²) < 4.78 is 12.0. The van der Waals surface area contributed by atoms with E-state index in [1.165, 1.54) is 0 Å². The smallest absolute Gasteiger partial charge is 0.341 e. The van der Waals surface area contributed by atoms with Crippen LogP contribution in [0.25, 0.3) is 0 Å². The quantitative estimate of drug-likeness (QED) is 0.767. The van der Waals surface area contributed by atoms with Gasteiger partial charge in [-0.05, 0) is 31.0 Å². The lowest BCUT2D eigenvalue weighted by Crippen LogP contribution is -2.10. The average molecular weight is 288 g/mol. The minimum absolute atomic E-state index is 0.310. The van der Waals surface area contributed by atoms with E-state index in [0.717, 1.165) is 23.4 Å². The lowest BCUT2D eigenvalue weighted by atomic mass is 10.2. The van der Waals surface area contributed by atoms with Crippen LogP contribution in [-0.2, 0) is 17.7 Å². The van der Waals surface area contributed by atoms with Gasteiger partial charge >= 0.3 is 5.97 Å². The summed E-state index contributed by atoms with van der Waals surface area (Å²) >= 11 is 0. The maximum absolute atomic E-state index is 11.9. The molecule has 0 aliphatic rings. The second-order valence-corrected chi connectivity index (χ2v) is 4.58. The van der Waals surface area contributed by atoms with E-state index in [0.29, 0.717) is 18.7 Å². The van der Waals surface area contributed by atoms with E-state index in [2.05, 4.69) is 5.10 Å². The van der Waals surface area contributed by atoms with Crippen molar-refractivity contribution in [3.05, 3.63) is 47.3 Å². The van der Waals surface area contributed by atoms with Gasteiger partial charge in [0.15, 0.2) is 0 Å². The number of hydrogen-bond acceptors (Lipinski definition) is 4. The fourth-order valence-corrected chi connectivity index (χ4v) is 2.20. The molecule has 21 heavy (non-hydrogen) atoms. The van der Waals surface area contributed by atoms with E-state index < -0.39 is 0 Å². The molecule has 2 aromatic rings. The van der Waals surface area contributed by atoms with Crippen LogP contribution < -0.4 is 4.74 Å². The summed E-state index contributed by atoms with van der Waals surface area (Å²) in [5.41, 5.74) is 2.54. The molecule has 2 rings (SSSR count). The molecule has 0 atom stereocenters. The molecular formula is C16H20N2O3. The van der Waals surface area contributed by atoms with Gasteiger partial charge < -0.3 is 9.47 Å². The van der Waals surface area contributed by atoms with Crippen LogP contribution in [0.4, 0.5) is 0 Å². The standard InChI is InChI=1S/C16H20N2O3/c1-4-15-14(16(19)21-5-2)10-17-18(15)11-12-6-8-13(20-3)9-7-12/h6-10H,4-5,11H2,1-3H3. The van der Waals surface area contributed by atoms with Crippen molar-refractivity contribution in [1.29, 1.82) is 0 Å². The Morgan fingerprint density at radius 3 is 2.52 bits per heavy atom. The van der Waals surface area contributed by atoms with Crippen LogP contribution in [0.5, 0.6) is 5.75 Å². The number of hydrogen-bond donors (Lipinski definition) is 0. The molecule has 0 fully saturated rings. The first-order valence-corrected chi connectivity index (χ1v) is 7.04. The second-order valence-electron chi connectivity index (χ2n) is 4.58. The second kappa shape index (κ2) is 6.92. The first-order valence-electron chi connectivity index (χ1n) is 7.04. The Bertz CT molecular complexity index is 602. The molecule has 0 amide bonds. The molecule has 112 valence electrons. The molecule has 5 heteroatoms. The maximum Gasteiger partial charge on any atom is 0.341 e. The Morgan fingerprint density at radius 1 is 1.24 bits per heavy atom. The van der Waals surface area contributed by atoms with E-state index in [4.69, 9.17) is 9.47 Å². The highest BCUT2D eigenvalue weighted by molar-refractivity contribution is 5.90. The van der Waals surface area contributed by atoms with E-state index in [1.807, 2.05) is 35.9 Å². The number of nitrogens with zero attached hydrogens (tertiary/aromatic N) is 2. The van der Waals surface area contributed by atoms with Crippen LogP contribution in [0.3, 0.4) is 0 Å². The van der Waals surface area contributed by atoms with E-state index >= 15 is 0 Å². The Balaban J connectivity index is 2.21. The van der Waals surface area contributed by atoms with Gasteiger partial charge in [-0.1, -0.05) is 19.1 Å². The van der Waals surface area contributed by atoms with Gasteiger partial charge in [-0.15, -0.1) is 0 Å². The van der Waals surface area contributed by atoms with Gasteiger partial charge in [-0.2, -0.15) is 5.10 Å². The zero-order valence-corrected chi connectivity index (χ0v) is 12.6. The summed E-state index contributed by atoms with van der Waals surface area (Å²) in [5.74, 6) is 0.512. The summed E-state index contributed by atoms with van der Waals surface area (Å²) in [7, 11) is 1.64. The molecule has 0 N–H and O–H groups in total. The zero-order chi connectivity index (χ0) is 15.2. The van der Waals surface area contributed by atoms with Gasteiger partial charge in [-0.25, -0.2) is 4.79 Å². The molecule has 1 aromatic carbocycles. The molecular weight excluding hydrogens is 268 g/mol. The zero-order valence-electron chi connectivity index (χ0n) is 12.6. The Morgan fingerprint density at radius 2 is 1.95 bits per heavy atom. The summed E-state index contributed by atoms with van der Waals surface area (Å²) in [6.07, 6.45) is 2.31. The molecule has 1 heterocycles. The predicted octanol–water partition coefficient (Wildman–Crippen LogP) is 2.68. The van der Waals surface area contributed by atoms with Crippen LogP contribution in [0.2, 0.25) is 0 Å². The minimum Gasteiger partial charge on any atom is -0.497 e. The fraction of sp³-hybridized carbons (Fsp3) is 0.375. The Kier molecular flexibility index (Phi) is 4.98. The van der Waals surface area contributed by atoms with Crippen molar-refractivity contribution < 1.29 is 14.3 Å². The van der Waals surface area contributed by atoms with Gasteiger partial charge in [0.2, 0.25) is 0 Å². The third-order valence-electron chi connectivity index (χ3n) is 3.27. The highest BCUT2D eigenvalue weighted by Crippen LogP contribution is 2.16. The summed E-state index contributed by atoms with van der Waals surface area (Å²) in [6.45, 7) is 4.79. The first kappa shape index (κ1) is 15.1. The number of ether oxygens (including phenoxy) is 2. The van der Waals surface area contributed by atoms with E-state index in [9.17, 15) is 4.79 Å². The number of methoxy groups -OCH3 is 1. The number of rotatable bonds is 6. The molecule has 5 nitrogen and oxygen atoms in total. The molecule has 0 aliphatic carbocycles. The third-order valence-corrected chi connectivity index (χ3v) is 3.27. The molecule has 0 saturated heterocycles. The van der Waals surface area contributed by atoms with Crippen molar-refractivity contribution in [3.63, 3.8) is 0 Å². The first-order chi connectivity index (χ1) is 10.2. The van der Waals surface area contributed by atoms with Crippen LogP contribution in [-0.4, -0.2) is 29.5 Å². The molecule has 0 saturated carbocycles. The topological polar surface area (TPSA) is 53.3 Å².